The van der Waals surface area contributed by atoms with Crippen LogP contribution in [0.2, 0.25) is 0 Å². The minimum Gasteiger partial charge on any atom is -0.508 e. The van der Waals surface area contributed by atoms with Crippen LogP contribution in [0.25, 0.3) is 0 Å². The SMILES string of the molecule is CC(C)CC(NC(=O)C(CCCN=C(N)N)NC(=O)C(CC(=O)O)NC(=O)C(Cc1ccc(O)cc1)NC(=O)C(CCC(=O)O)NC(=O)C(C)NC(=O)C(N)CC(=O)O)C(=O)O. The number of phenolic OH excluding ortho intramolecular Hbond substituents is 1. The van der Waals surface area contributed by atoms with Crippen molar-refractivity contribution >= 4 is 65.3 Å². The molecule has 1 aromatic rings. The molecule has 7 atom stereocenters. The lowest BCUT2D eigenvalue weighted by Gasteiger charge is -2.27. The van der Waals surface area contributed by atoms with Gasteiger partial charge in [0.25, 0.3) is 0 Å². The van der Waals surface area contributed by atoms with Crippen LogP contribution >= 0.6 is 0 Å². The van der Waals surface area contributed by atoms with Gasteiger partial charge in [0.05, 0.1) is 18.9 Å². The van der Waals surface area contributed by atoms with Gasteiger partial charge in [-0.05, 0) is 56.2 Å². The maximum Gasteiger partial charge on any atom is 0.326 e. The molecule has 0 spiro atoms. The zero-order valence-corrected chi connectivity index (χ0v) is 34.3. The number of aromatic hydroxyl groups is 1. The molecule has 0 heterocycles. The van der Waals surface area contributed by atoms with Gasteiger partial charge in [-0.1, -0.05) is 26.0 Å². The first-order valence-electron chi connectivity index (χ1n) is 19.2. The van der Waals surface area contributed by atoms with E-state index >= 15 is 0 Å². The molecule has 0 aliphatic rings. The number of nitrogens with zero attached hydrogens (tertiary/aromatic N) is 1. The number of rotatable bonds is 28. The van der Waals surface area contributed by atoms with E-state index in [1.807, 2.05) is 0 Å². The van der Waals surface area contributed by atoms with Crippen molar-refractivity contribution in [2.24, 2.45) is 28.1 Å². The smallest absolute Gasteiger partial charge is 0.326 e. The molecule has 1 aromatic carbocycles. The van der Waals surface area contributed by atoms with Crippen LogP contribution in [-0.4, -0.2) is 140 Å². The van der Waals surface area contributed by atoms with Gasteiger partial charge in [0.15, 0.2) is 5.96 Å². The first-order chi connectivity index (χ1) is 28.9. The van der Waals surface area contributed by atoms with Crippen molar-refractivity contribution in [1.82, 2.24) is 31.9 Å². The highest BCUT2D eigenvalue weighted by Crippen LogP contribution is 2.13. The Balaban J connectivity index is 3.50. The van der Waals surface area contributed by atoms with Crippen molar-refractivity contribution in [3.8, 4) is 5.75 Å². The van der Waals surface area contributed by atoms with Crippen molar-refractivity contribution in [2.45, 2.75) is 114 Å². The van der Waals surface area contributed by atoms with Crippen molar-refractivity contribution in [2.75, 3.05) is 6.54 Å². The number of carbonyl (C=O) groups excluding carboxylic acids is 6. The van der Waals surface area contributed by atoms with Crippen LogP contribution in [0.15, 0.2) is 29.3 Å². The van der Waals surface area contributed by atoms with Crippen LogP contribution in [0, 0.1) is 5.92 Å². The van der Waals surface area contributed by atoms with Gasteiger partial charge in [-0.3, -0.25) is 48.1 Å². The summed E-state index contributed by atoms with van der Waals surface area (Å²) in [5.41, 5.74) is 16.5. The molecule has 25 heteroatoms. The Morgan fingerprint density at radius 3 is 1.60 bits per heavy atom. The number of carboxylic acids is 4. The second-order valence-electron chi connectivity index (χ2n) is 14.6. The van der Waals surface area contributed by atoms with Crippen LogP contribution in [0.4, 0.5) is 0 Å². The molecule has 344 valence electrons. The number of guanidine groups is 1. The van der Waals surface area contributed by atoms with E-state index in [-0.39, 0.29) is 43.4 Å². The van der Waals surface area contributed by atoms with E-state index in [9.17, 15) is 68.4 Å². The largest absolute Gasteiger partial charge is 0.508 e. The second-order valence-corrected chi connectivity index (χ2v) is 14.6. The summed E-state index contributed by atoms with van der Waals surface area (Å²) in [7, 11) is 0. The van der Waals surface area contributed by atoms with Crippen LogP contribution in [0.3, 0.4) is 0 Å². The third kappa shape index (κ3) is 20.8. The summed E-state index contributed by atoms with van der Waals surface area (Å²) in [4.78, 5) is 130. The molecule has 1 rings (SSSR count). The summed E-state index contributed by atoms with van der Waals surface area (Å²) >= 11 is 0. The zero-order chi connectivity index (χ0) is 47.3. The maximum absolute atomic E-state index is 13.9. The third-order valence-electron chi connectivity index (χ3n) is 8.68. The Morgan fingerprint density at radius 2 is 1.08 bits per heavy atom. The predicted molar refractivity (Wildman–Crippen MR) is 215 cm³/mol. The summed E-state index contributed by atoms with van der Waals surface area (Å²) in [6, 6.07) is -5.95. The van der Waals surface area contributed by atoms with Gasteiger partial charge in [-0.2, -0.15) is 0 Å². The minimum absolute atomic E-state index is 0.0152. The topological polar surface area (TPSA) is 434 Å². The van der Waals surface area contributed by atoms with Crippen molar-refractivity contribution < 1.29 is 73.5 Å². The number of aliphatic imine (C=N–C) groups is 1. The van der Waals surface area contributed by atoms with Gasteiger partial charge in [0.1, 0.15) is 42.0 Å². The highest BCUT2D eigenvalue weighted by Gasteiger charge is 2.34. The van der Waals surface area contributed by atoms with Crippen molar-refractivity contribution in [1.29, 1.82) is 0 Å². The summed E-state index contributed by atoms with van der Waals surface area (Å²) < 4.78 is 0. The average Bonchev–Trinajstić information content (AvgIpc) is 3.16. The van der Waals surface area contributed by atoms with Gasteiger partial charge in [-0.15, -0.1) is 0 Å². The minimum atomic E-state index is -1.93. The first kappa shape index (κ1) is 53.0. The lowest BCUT2D eigenvalue weighted by molar-refractivity contribution is -0.143. The van der Waals surface area contributed by atoms with Gasteiger partial charge >= 0.3 is 23.9 Å². The number of hydrogen-bond acceptors (Lipinski definition) is 13. The molecule has 62 heavy (non-hydrogen) atoms. The van der Waals surface area contributed by atoms with Crippen LogP contribution in [-0.2, 0) is 54.4 Å². The van der Waals surface area contributed by atoms with Crippen LogP contribution in [0.5, 0.6) is 5.75 Å². The molecule has 0 aliphatic carbocycles. The van der Waals surface area contributed by atoms with Gasteiger partial charge < -0.3 is 74.6 Å². The summed E-state index contributed by atoms with van der Waals surface area (Å²) in [6.07, 6.45) is -3.59. The Kier molecular flexibility index (Phi) is 22.4. The molecule has 6 amide bonds. The summed E-state index contributed by atoms with van der Waals surface area (Å²) in [6.45, 7) is 4.57. The highest BCUT2D eigenvalue weighted by molar-refractivity contribution is 5.98. The third-order valence-corrected chi connectivity index (χ3v) is 8.68. The van der Waals surface area contributed by atoms with E-state index in [4.69, 9.17) is 22.3 Å². The Morgan fingerprint density at radius 1 is 0.597 bits per heavy atom. The molecule has 0 saturated heterocycles. The molecule has 0 bridgehead atoms. The number of nitrogens with two attached hydrogens (primary N) is 3. The molecule has 7 unspecified atom stereocenters. The summed E-state index contributed by atoms with van der Waals surface area (Å²) in [5.74, 6) is -12.9. The number of hydrogen-bond donors (Lipinski definition) is 14. The quantitative estimate of drug-likeness (QED) is 0.0218. The number of benzene rings is 1. The standard InChI is InChI=1S/C37H56N10O15/c1-17(2)13-26(36(61)62)47-32(57)22(5-4-12-41-37(39)40)44-35(60)25(16-29(53)54)46-34(59)24(14-19-6-8-20(48)9-7-19)45-33(58)23(10-11-27(49)50)43-30(55)18(3)42-31(56)21(38)15-28(51)52/h6-9,17-18,21-26,48H,4-5,10-16,38H2,1-3H3,(H,42,56)(H,43,55)(H,44,60)(H,45,58)(H,46,59)(H,47,57)(H,49,50)(H,51,52)(H,53,54)(H,61,62)(H4,39,40,41). The van der Waals surface area contributed by atoms with E-state index in [0.717, 1.165) is 6.92 Å². The highest BCUT2D eigenvalue weighted by atomic mass is 16.4. The molecule has 0 radical (unpaired) electrons. The Labute approximate surface area is 355 Å². The number of carboxylic acid groups (broad SMARTS) is 4. The number of nitrogens with one attached hydrogen (secondary N) is 6. The molecule has 17 N–H and O–H groups in total. The summed E-state index contributed by atoms with van der Waals surface area (Å²) in [5, 5.41) is 61.1. The van der Waals surface area contributed by atoms with E-state index in [1.165, 1.54) is 24.3 Å². The molecule has 0 aromatic heterocycles. The first-order valence-corrected chi connectivity index (χ1v) is 19.2. The van der Waals surface area contributed by atoms with Crippen LogP contribution in [0.1, 0.15) is 71.3 Å². The molecular formula is C37H56N10O15. The maximum atomic E-state index is 13.9. The normalized spacial score (nSPS) is 14.2. The monoisotopic (exact) mass is 880 g/mol. The second kappa shape index (κ2) is 26.2. The fourth-order valence-electron chi connectivity index (χ4n) is 5.52. The van der Waals surface area contributed by atoms with Gasteiger partial charge in [-0.25, -0.2) is 4.79 Å². The van der Waals surface area contributed by atoms with Gasteiger partial charge in [0, 0.05) is 19.4 Å². The molecule has 0 aliphatic heterocycles. The number of carbonyl (C=O) groups is 10. The predicted octanol–water partition coefficient (Wildman–Crippen LogP) is -3.81. The van der Waals surface area contributed by atoms with Crippen LogP contribution < -0.4 is 49.1 Å². The average molecular weight is 881 g/mol. The Bertz CT molecular complexity index is 1800. The van der Waals surface area contributed by atoms with E-state index in [1.54, 1.807) is 13.8 Å². The van der Waals surface area contributed by atoms with E-state index in [2.05, 4.69) is 36.9 Å². The molecule has 0 fully saturated rings. The van der Waals surface area contributed by atoms with Crippen molar-refractivity contribution in [3.05, 3.63) is 29.8 Å². The van der Waals surface area contributed by atoms with Gasteiger partial charge in [0.2, 0.25) is 35.4 Å². The lowest BCUT2D eigenvalue weighted by atomic mass is 10.0. The van der Waals surface area contributed by atoms with E-state index in [0.29, 0.717) is 5.56 Å². The zero-order valence-electron chi connectivity index (χ0n) is 34.3. The molecule has 25 nitrogen and oxygen atoms in total. The molecule has 0 saturated carbocycles. The number of aliphatic carboxylic acids is 4. The molecular weight excluding hydrogens is 824 g/mol. The van der Waals surface area contributed by atoms with Crippen molar-refractivity contribution in [3.63, 3.8) is 0 Å². The lowest BCUT2D eigenvalue weighted by Crippen LogP contribution is -2.60. The fourth-order valence-corrected chi connectivity index (χ4v) is 5.52. The Hall–Kier alpha value is -7.05. The fraction of sp³-hybridized carbons (Fsp3) is 0.541. The van der Waals surface area contributed by atoms with E-state index < -0.39 is 134 Å². The number of phenols is 1. The number of amides is 6.